The second-order valence-corrected chi connectivity index (χ2v) is 7.40. The van der Waals surface area contributed by atoms with Gasteiger partial charge in [-0.15, -0.1) is 10.2 Å². The molecule has 3 aromatic rings. The van der Waals surface area contributed by atoms with Gasteiger partial charge in [-0.25, -0.2) is 12.7 Å². The van der Waals surface area contributed by atoms with Crippen LogP contribution in [0.2, 0.25) is 0 Å². The van der Waals surface area contributed by atoms with Crippen LogP contribution in [-0.4, -0.2) is 30.2 Å². The van der Waals surface area contributed by atoms with Crippen LogP contribution < -0.4 is 4.31 Å². The molecule has 0 N–H and O–H groups in total. The number of benzene rings is 1. The Kier molecular flexibility index (Phi) is 3.22. The summed E-state index contributed by atoms with van der Waals surface area (Å²) in [5.74, 6) is 0. The van der Waals surface area contributed by atoms with E-state index in [0.29, 0.717) is 21.1 Å². The van der Waals surface area contributed by atoms with Gasteiger partial charge in [0.1, 0.15) is 10.4 Å². The summed E-state index contributed by atoms with van der Waals surface area (Å²) < 4.78 is 28.9. The largest absolute Gasteiger partial charge is 0.347 e. The molecule has 2 heterocycles. The van der Waals surface area contributed by atoms with Crippen molar-refractivity contribution in [1.82, 2.24) is 14.8 Å². The predicted molar refractivity (Wildman–Crippen MR) is 83.2 cm³/mol. The SMILES string of the molecule is Cc1c(S(=O)(=O)N(C)c2nncs2)c2ccccc2n1C. The molecule has 0 unspecified atom stereocenters. The van der Waals surface area contributed by atoms with E-state index in [1.54, 1.807) is 6.92 Å². The van der Waals surface area contributed by atoms with E-state index in [4.69, 9.17) is 0 Å². The maximum atomic E-state index is 12.9. The summed E-state index contributed by atoms with van der Waals surface area (Å²) in [7, 11) is -0.318. The fourth-order valence-electron chi connectivity index (χ4n) is 2.36. The van der Waals surface area contributed by atoms with Crippen LogP contribution in [0.3, 0.4) is 0 Å². The van der Waals surface area contributed by atoms with E-state index in [1.807, 2.05) is 35.9 Å². The zero-order chi connectivity index (χ0) is 15.2. The highest BCUT2D eigenvalue weighted by Gasteiger charge is 2.29. The molecule has 6 nitrogen and oxygen atoms in total. The second kappa shape index (κ2) is 4.81. The van der Waals surface area contributed by atoms with Gasteiger partial charge in [-0.2, -0.15) is 0 Å². The molecule has 8 heteroatoms. The van der Waals surface area contributed by atoms with Crippen LogP contribution in [0.25, 0.3) is 10.9 Å². The lowest BCUT2D eigenvalue weighted by Crippen LogP contribution is -2.27. The second-order valence-electron chi connectivity index (χ2n) is 4.68. The minimum atomic E-state index is -3.68. The number of aryl methyl sites for hydroxylation is 1. The fourth-order valence-corrected chi connectivity index (χ4v) is 4.69. The lowest BCUT2D eigenvalue weighted by molar-refractivity contribution is 0.593. The van der Waals surface area contributed by atoms with Crippen molar-refractivity contribution in [2.24, 2.45) is 7.05 Å². The maximum Gasteiger partial charge on any atom is 0.268 e. The quantitative estimate of drug-likeness (QED) is 0.741. The highest BCUT2D eigenvalue weighted by atomic mass is 32.2. The van der Waals surface area contributed by atoms with Gasteiger partial charge >= 0.3 is 0 Å². The molecule has 2 aromatic heterocycles. The molecule has 0 fully saturated rings. The minimum absolute atomic E-state index is 0.318. The van der Waals surface area contributed by atoms with Crippen molar-refractivity contribution in [2.45, 2.75) is 11.8 Å². The summed E-state index contributed by atoms with van der Waals surface area (Å²) in [6, 6.07) is 7.47. The summed E-state index contributed by atoms with van der Waals surface area (Å²) in [6.07, 6.45) is 0. The first-order valence-electron chi connectivity index (χ1n) is 6.23. The molecule has 0 saturated carbocycles. The van der Waals surface area contributed by atoms with Gasteiger partial charge in [0.15, 0.2) is 0 Å². The van der Waals surface area contributed by atoms with Crippen LogP contribution in [0.15, 0.2) is 34.7 Å². The molecule has 0 spiro atoms. The van der Waals surface area contributed by atoms with Gasteiger partial charge in [0.25, 0.3) is 10.0 Å². The highest BCUT2D eigenvalue weighted by Crippen LogP contribution is 2.32. The molecule has 0 amide bonds. The van der Waals surface area contributed by atoms with Crippen LogP contribution in [0, 0.1) is 6.92 Å². The molecule has 21 heavy (non-hydrogen) atoms. The molecule has 1 aromatic carbocycles. The number of fused-ring (bicyclic) bond motifs is 1. The molecule has 0 aliphatic rings. The smallest absolute Gasteiger partial charge is 0.268 e. The average Bonchev–Trinajstić information content (AvgIpc) is 3.07. The summed E-state index contributed by atoms with van der Waals surface area (Å²) in [6.45, 7) is 1.81. The van der Waals surface area contributed by atoms with Gasteiger partial charge < -0.3 is 4.57 Å². The van der Waals surface area contributed by atoms with Crippen molar-refractivity contribution >= 4 is 37.4 Å². The van der Waals surface area contributed by atoms with Crippen LogP contribution in [0.1, 0.15) is 5.69 Å². The van der Waals surface area contributed by atoms with E-state index >= 15 is 0 Å². The summed E-state index contributed by atoms with van der Waals surface area (Å²) in [4.78, 5) is 0.318. The van der Waals surface area contributed by atoms with E-state index in [1.165, 1.54) is 28.2 Å². The number of aromatic nitrogens is 3. The van der Waals surface area contributed by atoms with Crippen molar-refractivity contribution in [3.8, 4) is 0 Å². The Morgan fingerprint density at radius 2 is 2.00 bits per heavy atom. The molecular formula is C13H14N4O2S2. The maximum absolute atomic E-state index is 12.9. The molecule has 0 saturated heterocycles. The third-order valence-electron chi connectivity index (χ3n) is 3.58. The van der Waals surface area contributed by atoms with Crippen LogP contribution in [-0.2, 0) is 17.1 Å². The Balaban J connectivity index is 2.27. The zero-order valence-corrected chi connectivity index (χ0v) is 13.4. The topological polar surface area (TPSA) is 68.1 Å². The first-order chi connectivity index (χ1) is 9.94. The van der Waals surface area contributed by atoms with Gasteiger partial charge in [-0.3, -0.25) is 0 Å². The Morgan fingerprint density at radius 1 is 1.29 bits per heavy atom. The number of anilines is 1. The van der Waals surface area contributed by atoms with Gasteiger partial charge in [0, 0.05) is 30.7 Å². The van der Waals surface area contributed by atoms with Crippen molar-refractivity contribution in [3.05, 3.63) is 35.5 Å². The summed E-state index contributed by atoms with van der Waals surface area (Å²) in [5, 5.41) is 8.60. The Hall–Kier alpha value is -1.93. The van der Waals surface area contributed by atoms with E-state index < -0.39 is 10.0 Å². The van der Waals surface area contributed by atoms with Gasteiger partial charge in [0.05, 0.1) is 0 Å². The van der Waals surface area contributed by atoms with Gasteiger partial charge in [0.2, 0.25) is 5.13 Å². The van der Waals surface area contributed by atoms with Crippen molar-refractivity contribution in [2.75, 3.05) is 11.4 Å². The van der Waals surface area contributed by atoms with Gasteiger partial charge in [-0.1, -0.05) is 29.5 Å². The number of hydrogen-bond donors (Lipinski definition) is 0. The Morgan fingerprint density at radius 3 is 2.67 bits per heavy atom. The molecular weight excluding hydrogens is 308 g/mol. The molecule has 110 valence electrons. The first kappa shape index (κ1) is 14.0. The lowest BCUT2D eigenvalue weighted by atomic mass is 10.2. The summed E-state index contributed by atoms with van der Waals surface area (Å²) >= 11 is 1.19. The molecule has 0 aliphatic heterocycles. The van der Waals surface area contributed by atoms with E-state index in [-0.39, 0.29) is 0 Å². The molecule has 3 rings (SSSR count). The summed E-state index contributed by atoms with van der Waals surface area (Å²) in [5.41, 5.74) is 3.10. The highest BCUT2D eigenvalue weighted by molar-refractivity contribution is 7.93. The number of para-hydroxylation sites is 1. The number of hydrogen-bond acceptors (Lipinski definition) is 5. The van der Waals surface area contributed by atoms with Crippen LogP contribution in [0.5, 0.6) is 0 Å². The molecule has 0 atom stereocenters. The number of sulfonamides is 1. The standard InChI is InChI=1S/C13H14N4O2S2/c1-9-12(10-6-4-5-7-11(10)16(9)2)21(18,19)17(3)13-15-14-8-20-13/h4-8H,1-3H3. The first-order valence-corrected chi connectivity index (χ1v) is 8.55. The van der Waals surface area contributed by atoms with Crippen molar-refractivity contribution in [3.63, 3.8) is 0 Å². The predicted octanol–water partition coefficient (Wildman–Crippen LogP) is 2.16. The van der Waals surface area contributed by atoms with E-state index in [0.717, 1.165) is 5.52 Å². The van der Waals surface area contributed by atoms with Crippen molar-refractivity contribution < 1.29 is 8.42 Å². The van der Waals surface area contributed by atoms with Crippen molar-refractivity contribution in [1.29, 1.82) is 0 Å². The van der Waals surface area contributed by atoms with Crippen LogP contribution in [0.4, 0.5) is 5.13 Å². The van der Waals surface area contributed by atoms with E-state index in [9.17, 15) is 8.42 Å². The zero-order valence-electron chi connectivity index (χ0n) is 11.8. The van der Waals surface area contributed by atoms with Crippen LogP contribution >= 0.6 is 11.3 Å². The number of nitrogens with zero attached hydrogens (tertiary/aromatic N) is 4. The molecule has 0 aliphatic carbocycles. The monoisotopic (exact) mass is 322 g/mol. The van der Waals surface area contributed by atoms with Gasteiger partial charge in [-0.05, 0) is 13.0 Å². The third kappa shape index (κ3) is 2.02. The van der Waals surface area contributed by atoms with E-state index in [2.05, 4.69) is 10.2 Å². The third-order valence-corrected chi connectivity index (χ3v) is 6.38. The minimum Gasteiger partial charge on any atom is -0.347 e. The fraction of sp³-hybridized carbons (Fsp3) is 0.231. The Labute approximate surface area is 126 Å². The molecule has 0 bridgehead atoms. The average molecular weight is 322 g/mol. The number of rotatable bonds is 3. The normalized spacial score (nSPS) is 12.0. The molecule has 0 radical (unpaired) electrons. The lowest BCUT2D eigenvalue weighted by Gasteiger charge is -2.16. The Bertz CT molecular complexity index is 898.